The van der Waals surface area contributed by atoms with E-state index in [1.165, 1.54) is 0 Å². The van der Waals surface area contributed by atoms with E-state index >= 15 is 0 Å². The van der Waals surface area contributed by atoms with Gasteiger partial charge in [-0.3, -0.25) is 0 Å². The molecule has 0 aliphatic heterocycles. The Hall–Kier alpha value is -1.29. The normalized spacial score (nSPS) is 10.5. The first-order valence-electron chi connectivity index (χ1n) is 5.95. The standard InChI is InChI=1S/C14H14Cl2N2O/c1-2-11-5-9(8-17)6-14(18-11)19-13-4-3-10(15)7-12(13)16/h3-7H,2,8,17H2,1H3. The maximum atomic E-state index is 6.06. The van der Waals surface area contributed by atoms with Crippen molar-refractivity contribution in [3.8, 4) is 11.6 Å². The Bertz CT molecular complexity index is 565. The van der Waals surface area contributed by atoms with Gasteiger partial charge in [-0.1, -0.05) is 30.1 Å². The van der Waals surface area contributed by atoms with Gasteiger partial charge in [-0.2, -0.15) is 0 Å². The second-order valence-corrected chi connectivity index (χ2v) is 4.88. The number of aryl methyl sites for hydroxylation is 1. The van der Waals surface area contributed by atoms with Crippen LogP contribution in [-0.2, 0) is 13.0 Å². The van der Waals surface area contributed by atoms with Crippen LogP contribution >= 0.6 is 23.2 Å². The summed E-state index contributed by atoms with van der Waals surface area (Å²) in [7, 11) is 0. The van der Waals surface area contributed by atoms with Gasteiger partial charge in [0.2, 0.25) is 5.88 Å². The number of hydrogen-bond acceptors (Lipinski definition) is 3. The molecule has 1 aromatic carbocycles. The lowest BCUT2D eigenvalue weighted by Gasteiger charge is -2.09. The topological polar surface area (TPSA) is 48.1 Å². The quantitative estimate of drug-likeness (QED) is 0.920. The molecule has 3 nitrogen and oxygen atoms in total. The molecule has 0 spiro atoms. The van der Waals surface area contributed by atoms with E-state index in [1.807, 2.05) is 19.1 Å². The number of halogens is 2. The Morgan fingerprint density at radius 2 is 2.00 bits per heavy atom. The number of hydrogen-bond donors (Lipinski definition) is 1. The Balaban J connectivity index is 2.31. The second-order valence-electron chi connectivity index (χ2n) is 4.04. The van der Waals surface area contributed by atoms with Gasteiger partial charge in [0, 0.05) is 23.3 Å². The van der Waals surface area contributed by atoms with E-state index in [2.05, 4.69) is 4.98 Å². The molecular weight excluding hydrogens is 283 g/mol. The maximum Gasteiger partial charge on any atom is 0.219 e. The van der Waals surface area contributed by atoms with Gasteiger partial charge in [0.05, 0.1) is 5.02 Å². The molecule has 1 heterocycles. The molecular formula is C14H14Cl2N2O. The van der Waals surface area contributed by atoms with E-state index in [1.54, 1.807) is 18.2 Å². The zero-order chi connectivity index (χ0) is 13.8. The van der Waals surface area contributed by atoms with Crippen LogP contribution in [-0.4, -0.2) is 4.98 Å². The van der Waals surface area contributed by atoms with Crippen molar-refractivity contribution in [1.82, 2.24) is 4.98 Å². The van der Waals surface area contributed by atoms with Crippen LogP contribution in [0.5, 0.6) is 11.6 Å². The summed E-state index contributed by atoms with van der Waals surface area (Å²) >= 11 is 11.9. The van der Waals surface area contributed by atoms with E-state index < -0.39 is 0 Å². The minimum Gasteiger partial charge on any atom is -0.437 e. The monoisotopic (exact) mass is 296 g/mol. The number of nitrogens with two attached hydrogens (primary N) is 1. The van der Waals surface area contributed by atoms with Crippen LogP contribution in [0.1, 0.15) is 18.2 Å². The summed E-state index contributed by atoms with van der Waals surface area (Å²) in [4.78, 5) is 4.39. The van der Waals surface area contributed by atoms with Crippen molar-refractivity contribution >= 4 is 23.2 Å². The average molecular weight is 297 g/mol. The minimum absolute atomic E-state index is 0.445. The molecule has 1 aromatic heterocycles. The molecule has 0 amide bonds. The Morgan fingerprint density at radius 1 is 1.21 bits per heavy atom. The van der Waals surface area contributed by atoms with Gasteiger partial charge in [0.1, 0.15) is 5.75 Å². The van der Waals surface area contributed by atoms with Gasteiger partial charge in [0.25, 0.3) is 0 Å². The zero-order valence-corrected chi connectivity index (χ0v) is 12.0. The zero-order valence-electron chi connectivity index (χ0n) is 10.5. The first-order valence-corrected chi connectivity index (χ1v) is 6.70. The fourth-order valence-corrected chi connectivity index (χ4v) is 2.09. The summed E-state index contributed by atoms with van der Waals surface area (Å²) in [6.07, 6.45) is 0.818. The molecule has 0 unspecified atom stereocenters. The van der Waals surface area contributed by atoms with Crippen molar-refractivity contribution in [2.24, 2.45) is 5.73 Å². The predicted octanol–water partition coefficient (Wildman–Crippen LogP) is 4.20. The van der Waals surface area contributed by atoms with Crippen molar-refractivity contribution in [1.29, 1.82) is 0 Å². The second kappa shape index (κ2) is 6.24. The Morgan fingerprint density at radius 3 is 2.63 bits per heavy atom. The smallest absolute Gasteiger partial charge is 0.219 e. The number of pyridine rings is 1. The first kappa shape index (κ1) is 14.1. The van der Waals surface area contributed by atoms with Crippen molar-refractivity contribution < 1.29 is 4.74 Å². The molecule has 5 heteroatoms. The number of rotatable bonds is 4. The highest BCUT2D eigenvalue weighted by molar-refractivity contribution is 6.35. The molecule has 0 radical (unpaired) electrons. The van der Waals surface area contributed by atoms with Gasteiger partial charge in [-0.05, 0) is 36.2 Å². The third-order valence-electron chi connectivity index (χ3n) is 2.62. The van der Waals surface area contributed by atoms with Crippen molar-refractivity contribution in [2.75, 3.05) is 0 Å². The van der Waals surface area contributed by atoms with E-state index in [-0.39, 0.29) is 0 Å². The SMILES string of the molecule is CCc1cc(CN)cc(Oc2ccc(Cl)cc2Cl)n1. The summed E-state index contributed by atoms with van der Waals surface area (Å²) < 4.78 is 5.69. The highest BCUT2D eigenvalue weighted by atomic mass is 35.5. The van der Waals surface area contributed by atoms with Gasteiger partial charge < -0.3 is 10.5 Å². The molecule has 2 aromatic rings. The lowest BCUT2D eigenvalue weighted by Crippen LogP contribution is -2.01. The summed E-state index contributed by atoms with van der Waals surface area (Å²) in [6, 6.07) is 8.84. The first-order chi connectivity index (χ1) is 9.12. The van der Waals surface area contributed by atoms with Crippen LogP contribution in [0.15, 0.2) is 30.3 Å². The maximum absolute atomic E-state index is 6.06. The predicted molar refractivity (Wildman–Crippen MR) is 78.0 cm³/mol. The summed E-state index contributed by atoms with van der Waals surface area (Å²) in [5.74, 6) is 1.01. The van der Waals surface area contributed by atoms with Gasteiger partial charge >= 0.3 is 0 Å². The lowest BCUT2D eigenvalue weighted by atomic mass is 10.2. The van der Waals surface area contributed by atoms with Crippen LogP contribution < -0.4 is 10.5 Å². The van der Waals surface area contributed by atoms with Crippen molar-refractivity contribution in [3.05, 3.63) is 51.6 Å². The summed E-state index contributed by atoms with van der Waals surface area (Å²) in [5.41, 5.74) is 7.57. The van der Waals surface area contributed by atoms with Crippen molar-refractivity contribution in [3.63, 3.8) is 0 Å². The number of ether oxygens (including phenoxy) is 1. The van der Waals surface area contributed by atoms with Gasteiger partial charge in [-0.25, -0.2) is 4.98 Å². The Labute approximate surface area is 122 Å². The van der Waals surface area contributed by atoms with Gasteiger partial charge in [-0.15, -0.1) is 0 Å². The molecule has 0 saturated carbocycles. The van der Waals surface area contributed by atoms with Gasteiger partial charge in [0.15, 0.2) is 0 Å². The number of aromatic nitrogens is 1. The van der Waals surface area contributed by atoms with Crippen LogP contribution in [0.2, 0.25) is 10.0 Å². The number of nitrogens with zero attached hydrogens (tertiary/aromatic N) is 1. The molecule has 0 aliphatic carbocycles. The molecule has 0 bridgehead atoms. The van der Waals surface area contributed by atoms with Crippen LogP contribution in [0.25, 0.3) is 0 Å². The Kier molecular flexibility index (Phi) is 4.64. The van der Waals surface area contributed by atoms with Crippen LogP contribution in [0, 0.1) is 0 Å². The van der Waals surface area contributed by atoms with Crippen molar-refractivity contribution in [2.45, 2.75) is 19.9 Å². The third kappa shape index (κ3) is 3.60. The van der Waals surface area contributed by atoms with Crippen LogP contribution in [0.3, 0.4) is 0 Å². The minimum atomic E-state index is 0.445. The largest absolute Gasteiger partial charge is 0.437 e. The molecule has 19 heavy (non-hydrogen) atoms. The van der Waals surface area contributed by atoms with E-state index in [9.17, 15) is 0 Å². The molecule has 2 rings (SSSR count). The summed E-state index contributed by atoms with van der Waals surface area (Å²) in [5, 5.41) is 1.01. The number of benzene rings is 1. The molecule has 0 saturated heterocycles. The lowest BCUT2D eigenvalue weighted by molar-refractivity contribution is 0.460. The average Bonchev–Trinajstić information content (AvgIpc) is 2.41. The molecule has 0 atom stereocenters. The highest BCUT2D eigenvalue weighted by Gasteiger charge is 2.07. The fourth-order valence-electron chi connectivity index (χ4n) is 1.64. The van der Waals surface area contributed by atoms with E-state index in [0.717, 1.165) is 17.7 Å². The van der Waals surface area contributed by atoms with E-state index in [0.29, 0.717) is 28.2 Å². The molecule has 0 fully saturated rings. The summed E-state index contributed by atoms with van der Waals surface area (Å²) in [6.45, 7) is 2.47. The van der Waals surface area contributed by atoms with E-state index in [4.69, 9.17) is 33.7 Å². The third-order valence-corrected chi connectivity index (χ3v) is 3.15. The molecule has 0 aliphatic rings. The molecule has 100 valence electrons. The molecule has 2 N–H and O–H groups in total. The highest BCUT2D eigenvalue weighted by Crippen LogP contribution is 2.31. The van der Waals surface area contributed by atoms with Crippen LogP contribution in [0.4, 0.5) is 0 Å². The fraction of sp³-hybridized carbons (Fsp3) is 0.214.